The van der Waals surface area contributed by atoms with Gasteiger partial charge < -0.3 is 14.4 Å². The Kier molecular flexibility index (Phi) is 4.32. The van der Waals surface area contributed by atoms with Crippen molar-refractivity contribution >= 4 is 11.6 Å². The van der Waals surface area contributed by atoms with Crippen LogP contribution in [0.5, 0.6) is 0 Å². The molecule has 1 aliphatic carbocycles. The highest BCUT2D eigenvalue weighted by Crippen LogP contribution is 2.30. The summed E-state index contributed by atoms with van der Waals surface area (Å²) in [6.07, 6.45) is 7.96. The van der Waals surface area contributed by atoms with Crippen LogP contribution in [0.15, 0.2) is 41.6 Å². The van der Waals surface area contributed by atoms with E-state index in [1.807, 2.05) is 29.1 Å². The summed E-state index contributed by atoms with van der Waals surface area (Å²) in [6.45, 7) is 6.75. The van der Waals surface area contributed by atoms with Gasteiger partial charge >= 0.3 is 0 Å². The first-order valence-electron chi connectivity index (χ1n) is 9.98. The molecule has 2 aliphatic heterocycles. The van der Waals surface area contributed by atoms with Crippen LogP contribution in [0.1, 0.15) is 12.8 Å². The van der Waals surface area contributed by atoms with E-state index in [9.17, 15) is 4.79 Å². The van der Waals surface area contributed by atoms with Gasteiger partial charge in [-0.15, -0.1) is 0 Å². The van der Waals surface area contributed by atoms with Crippen molar-refractivity contribution in [3.63, 3.8) is 0 Å². The molecule has 3 aliphatic rings. The van der Waals surface area contributed by atoms with Crippen LogP contribution in [0.25, 0.3) is 0 Å². The van der Waals surface area contributed by atoms with E-state index in [1.165, 1.54) is 12.8 Å². The van der Waals surface area contributed by atoms with E-state index in [0.717, 1.165) is 51.6 Å². The van der Waals surface area contributed by atoms with Crippen molar-refractivity contribution in [2.75, 3.05) is 49.1 Å². The number of rotatable bonds is 5. The minimum Gasteiger partial charge on any atom is -0.354 e. The van der Waals surface area contributed by atoms with E-state index in [1.54, 1.807) is 6.20 Å². The number of hydrogen-bond acceptors (Lipinski definition) is 6. The molecule has 142 valence electrons. The Hall–Kier alpha value is -2.41. The Morgan fingerprint density at radius 2 is 1.78 bits per heavy atom. The van der Waals surface area contributed by atoms with E-state index in [-0.39, 0.29) is 5.56 Å². The summed E-state index contributed by atoms with van der Waals surface area (Å²) in [4.78, 5) is 28.5. The molecule has 0 bridgehead atoms. The van der Waals surface area contributed by atoms with Crippen LogP contribution in [0.2, 0.25) is 0 Å². The molecule has 4 heterocycles. The molecule has 5 rings (SSSR count). The molecule has 7 nitrogen and oxygen atoms in total. The van der Waals surface area contributed by atoms with E-state index >= 15 is 0 Å². The fourth-order valence-corrected chi connectivity index (χ4v) is 4.09. The molecule has 3 fully saturated rings. The average Bonchev–Trinajstić information content (AvgIpc) is 3.49. The van der Waals surface area contributed by atoms with Gasteiger partial charge in [0.15, 0.2) is 5.82 Å². The lowest BCUT2D eigenvalue weighted by Crippen LogP contribution is -2.64. The summed E-state index contributed by atoms with van der Waals surface area (Å²) in [5, 5.41) is 0. The highest BCUT2D eigenvalue weighted by atomic mass is 16.1. The van der Waals surface area contributed by atoms with E-state index < -0.39 is 0 Å². The maximum atomic E-state index is 12.7. The summed E-state index contributed by atoms with van der Waals surface area (Å²) in [6, 6.07) is 6.60. The SMILES string of the molecule is O=c1c(N2CC(N3CCN(c4ccccn4)CC3)C2)nccn1CC1CC1. The van der Waals surface area contributed by atoms with Gasteiger partial charge in [0.2, 0.25) is 0 Å². The Morgan fingerprint density at radius 1 is 0.963 bits per heavy atom. The normalized spacial score (nSPS) is 21.3. The molecule has 0 radical (unpaired) electrons. The van der Waals surface area contributed by atoms with E-state index in [0.29, 0.717) is 17.8 Å². The summed E-state index contributed by atoms with van der Waals surface area (Å²) in [7, 11) is 0. The Labute approximate surface area is 159 Å². The van der Waals surface area contributed by atoms with Gasteiger partial charge in [-0.2, -0.15) is 0 Å². The Morgan fingerprint density at radius 3 is 2.48 bits per heavy atom. The number of anilines is 2. The molecule has 2 saturated heterocycles. The Balaban J connectivity index is 1.17. The van der Waals surface area contributed by atoms with Crippen LogP contribution in [0.3, 0.4) is 0 Å². The number of nitrogens with zero attached hydrogens (tertiary/aromatic N) is 6. The summed E-state index contributed by atoms with van der Waals surface area (Å²) in [5.41, 5.74) is 0.0721. The number of pyridine rings is 1. The van der Waals surface area contributed by atoms with Gasteiger partial charge in [0, 0.05) is 70.4 Å². The molecule has 0 N–H and O–H groups in total. The average molecular weight is 366 g/mol. The maximum absolute atomic E-state index is 12.7. The van der Waals surface area contributed by atoms with Gasteiger partial charge in [0.25, 0.3) is 5.56 Å². The van der Waals surface area contributed by atoms with E-state index in [4.69, 9.17) is 0 Å². The third-order valence-electron chi connectivity index (χ3n) is 6.01. The molecule has 27 heavy (non-hydrogen) atoms. The third kappa shape index (κ3) is 3.43. The molecule has 7 heteroatoms. The fourth-order valence-electron chi connectivity index (χ4n) is 4.09. The van der Waals surface area contributed by atoms with Gasteiger partial charge in [-0.1, -0.05) is 6.07 Å². The largest absolute Gasteiger partial charge is 0.354 e. The van der Waals surface area contributed by atoms with Crippen LogP contribution < -0.4 is 15.4 Å². The molecular formula is C20H26N6O. The molecule has 0 atom stereocenters. The van der Waals surface area contributed by atoms with E-state index in [2.05, 4.69) is 30.7 Å². The molecular weight excluding hydrogens is 340 g/mol. The third-order valence-corrected chi connectivity index (χ3v) is 6.01. The van der Waals surface area contributed by atoms with Gasteiger partial charge in [-0.3, -0.25) is 9.69 Å². The monoisotopic (exact) mass is 366 g/mol. The fraction of sp³-hybridized carbons (Fsp3) is 0.550. The van der Waals surface area contributed by atoms with Gasteiger partial charge in [-0.05, 0) is 30.9 Å². The molecule has 0 spiro atoms. The highest BCUT2D eigenvalue weighted by Gasteiger charge is 2.35. The van der Waals surface area contributed by atoms with Crippen molar-refractivity contribution in [1.29, 1.82) is 0 Å². The van der Waals surface area contributed by atoms with Crippen LogP contribution in [0.4, 0.5) is 11.6 Å². The van der Waals surface area contributed by atoms with Crippen LogP contribution in [0, 0.1) is 5.92 Å². The van der Waals surface area contributed by atoms with Crippen LogP contribution in [-0.2, 0) is 6.54 Å². The number of hydrogen-bond donors (Lipinski definition) is 0. The minimum absolute atomic E-state index is 0.0721. The van der Waals surface area contributed by atoms with Crippen LogP contribution in [-0.4, -0.2) is 64.7 Å². The maximum Gasteiger partial charge on any atom is 0.293 e. The predicted octanol–water partition coefficient (Wildman–Crippen LogP) is 1.06. The standard InChI is InChI=1S/C20H26N6O/c27-20-19(22-7-8-25(20)13-16-4-5-16)26-14-17(15-26)23-9-11-24(12-10-23)18-3-1-2-6-21-18/h1-3,6-8,16-17H,4-5,9-15H2. The van der Waals surface area contributed by atoms with Crippen molar-refractivity contribution in [1.82, 2.24) is 19.4 Å². The number of piperazine rings is 1. The molecule has 0 unspecified atom stereocenters. The Bertz CT molecular complexity index is 835. The second-order valence-electron chi connectivity index (χ2n) is 7.92. The zero-order valence-electron chi connectivity index (χ0n) is 15.6. The highest BCUT2D eigenvalue weighted by molar-refractivity contribution is 5.41. The first kappa shape index (κ1) is 16.7. The van der Waals surface area contributed by atoms with Crippen molar-refractivity contribution in [3.05, 3.63) is 47.1 Å². The lowest BCUT2D eigenvalue weighted by Gasteiger charge is -2.48. The van der Waals surface area contributed by atoms with Crippen molar-refractivity contribution in [2.45, 2.75) is 25.4 Å². The lowest BCUT2D eigenvalue weighted by atomic mass is 10.1. The molecule has 2 aromatic rings. The molecule has 1 saturated carbocycles. The molecule has 0 aromatic carbocycles. The van der Waals surface area contributed by atoms with Crippen LogP contribution >= 0.6 is 0 Å². The smallest absolute Gasteiger partial charge is 0.293 e. The second-order valence-corrected chi connectivity index (χ2v) is 7.92. The lowest BCUT2D eigenvalue weighted by molar-refractivity contribution is 0.156. The summed E-state index contributed by atoms with van der Waals surface area (Å²) in [5.74, 6) is 2.39. The topological polar surface area (TPSA) is 57.5 Å². The van der Waals surface area contributed by atoms with Gasteiger partial charge in [0.05, 0.1) is 0 Å². The first-order valence-corrected chi connectivity index (χ1v) is 9.98. The van der Waals surface area contributed by atoms with Gasteiger partial charge in [-0.25, -0.2) is 9.97 Å². The molecule has 0 amide bonds. The van der Waals surface area contributed by atoms with Crippen molar-refractivity contribution in [2.24, 2.45) is 5.92 Å². The van der Waals surface area contributed by atoms with Crippen molar-refractivity contribution < 1.29 is 0 Å². The quantitative estimate of drug-likeness (QED) is 0.789. The minimum atomic E-state index is 0.0721. The zero-order chi connectivity index (χ0) is 18.2. The molecule has 2 aromatic heterocycles. The van der Waals surface area contributed by atoms with Crippen molar-refractivity contribution in [3.8, 4) is 0 Å². The van der Waals surface area contributed by atoms with Gasteiger partial charge in [0.1, 0.15) is 5.82 Å². The number of aromatic nitrogens is 3. The summed E-state index contributed by atoms with van der Waals surface area (Å²) < 4.78 is 1.85. The second kappa shape index (κ2) is 6.96. The zero-order valence-corrected chi connectivity index (χ0v) is 15.6. The summed E-state index contributed by atoms with van der Waals surface area (Å²) >= 11 is 0. The predicted molar refractivity (Wildman–Crippen MR) is 105 cm³/mol. The first-order chi connectivity index (χ1) is 13.3.